The third-order valence-corrected chi connectivity index (χ3v) is 2.91. The lowest BCUT2D eigenvalue weighted by Gasteiger charge is -2.37. The minimum atomic E-state index is -0.431. The van der Waals surface area contributed by atoms with Crippen molar-refractivity contribution in [1.82, 2.24) is 0 Å². The quantitative estimate of drug-likeness (QED) is 0.606. The second kappa shape index (κ2) is 3.40. The minimum absolute atomic E-state index is 0.431. The molecule has 0 saturated heterocycles. The van der Waals surface area contributed by atoms with E-state index in [0.717, 1.165) is 12.8 Å². The fourth-order valence-corrected chi connectivity index (χ4v) is 1.95. The van der Waals surface area contributed by atoms with Crippen LogP contribution in [-0.4, -0.2) is 10.7 Å². The molecule has 1 aliphatic carbocycles. The van der Waals surface area contributed by atoms with E-state index in [1.54, 1.807) is 0 Å². The van der Waals surface area contributed by atoms with Gasteiger partial charge >= 0.3 is 0 Å². The van der Waals surface area contributed by atoms with E-state index >= 15 is 0 Å². The molecule has 0 heterocycles. The summed E-state index contributed by atoms with van der Waals surface area (Å²) < 4.78 is 0. The van der Waals surface area contributed by atoms with Crippen LogP contribution in [0.2, 0.25) is 0 Å². The molecule has 0 amide bonds. The van der Waals surface area contributed by atoms with Gasteiger partial charge in [0, 0.05) is 0 Å². The first-order valence-electron chi connectivity index (χ1n) is 4.52. The van der Waals surface area contributed by atoms with Gasteiger partial charge in [-0.05, 0) is 25.2 Å². The summed E-state index contributed by atoms with van der Waals surface area (Å²) in [6, 6.07) is 0. The summed E-state index contributed by atoms with van der Waals surface area (Å²) in [6.45, 7) is 5.82. The van der Waals surface area contributed by atoms with Crippen molar-refractivity contribution in [1.29, 1.82) is 0 Å². The maximum Gasteiger partial charge on any atom is 0.0707 e. The second-order valence-corrected chi connectivity index (χ2v) is 3.74. The van der Waals surface area contributed by atoms with Gasteiger partial charge in [0.1, 0.15) is 0 Å². The van der Waals surface area contributed by atoms with E-state index in [4.69, 9.17) is 0 Å². The minimum Gasteiger partial charge on any atom is -0.389 e. The maximum absolute atomic E-state index is 10.1. The normalized spacial score (nSPS) is 38.5. The molecule has 2 atom stereocenters. The van der Waals surface area contributed by atoms with Gasteiger partial charge in [-0.3, -0.25) is 0 Å². The van der Waals surface area contributed by atoms with Gasteiger partial charge < -0.3 is 5.11 Å². The van der Waals surface area contributed by atoms with Crippen molar-refractivity contribution in [2.75, 3.05) is 0 Å². The van der Waals surface area contributed by atoms with Gasteiger partial charge in [0.15, 0.2) is 0 Å². The molecule has 1 fully saturated rings. The molecule has 0 spiro atoms. The van der Waals surface area contributed by atoms with Crippen LogP contribution in [-0.2, 0) is 0 Å². The van der Waals surface area contributed by atoms with Crippen LogP contribution in [0, 0.1) is 5.92 Å². The molecular formula is C10H18O. The zero-order valence-electron chi connectivity index (χ0n) is 7.34. The van der Waals surface area contributed by atoms with Gasteiger partial charge in [0.25, 0.3) is 0 Å². The highest BCUT2D eigenvalue weighted by Gasteiger charge is 2.34. The first kappa shape index (κ1) is 8.79. The second-order valence-electron chi connectivity index (χ2n) is 3.74. The number of aliphatic hydroxyl groups is 1. The molecule has 1 rings (SSSR count). The van der Waals surface area contributed by atoms with Crippen LogP contribution in [0.5, 0.6) is 0 Å². The van der Waals surface area contributed by atoms with Gasteiger partial charge in [0.05, 0.1) is 5.60 Å². The van der Waals surface area contributed by atoms with Gasteiger partial charge in [0.2, 0.25) is 0 Å². The molecule has 1 heteroatoms. The molecule has 1 nitrogen and oxygen atoms in total. The van der Waals surface area contributed by atoms with Gasteiger partial charge in [-0.25, -0.2) is 0 Å². The van der Waals surface area contributed by atoms with Crippen molar-refractivity contribution in [2.45, 2.75) is 44.6 Å². The number of rotatable bonds is 2. The Morgan fingerprint density at radius 2 is 2.36 bits per heavy atom. The molecule has 0 aliphatic heterocycles. The Morgan fingerprint density at radius 1 is 1.64 bits per heavy atom. The SMILES string of the molecule is C=CC[C@]1(O)CCCC[C@H]1C. The monoisotopic (exact) mass is 154 g/mol. The van der Waals surface area contributed by atoms with Gasteiger partial charge in [-0.2, -0.15) is 0 Å². The van der Waals surface area contributed by atoms with E-state index in [-0.39, 0.29) is 0 Å². The zero-order chi connectivity index (χ0) is 8.32. The van der Waals surface area contributed by atoms with Gasteiger partial charge in [-0.15, -0.1) is 6.58 Å². The Balaban J connectivity index is 2.56. The Labute approximate surface area is 69.1 Å². The molecule has 11 heavy (non-hydrogen) atoms. The summed E-state index contributed by atoms with van der Waals surface area (Å²) in [6.07, 6.45) is 7.18. The predicted octanol–water partition coefficient (Wildman–Crippen LogP) is 2.50. The summed E-state index contributed by atoms with van der Waals surface area (Å²) in [5.41, 5.74) is -0.431. The Hall–Kier alpha value is -0.300. The number of hydrogen-bond donors (Lipinski definition) is 1. The molecule has 64 valence electrons. The van der Waals surface area contributed by atoms with Crippen molar-refractivity contribution < 1.29 is 5.11 Å². The molecule has 0 bridgehead atoms. The Morgan fingerprint density at radius 3 is 2.91 bits per heavy atom. The maximum atomic E-state index is 10.1. The molecule has 0 aromatic carbocycles. The fraction of sp³-hybridized carbons (Fsp3) is 0.800. The van der Waals surface area contributed by atoms with Crippen LogP contribution in [0.4, 0.5) is 0 Å². The van der Waals surface area contributed by atoms with Crippen LogP contribution >= 0.6 is 0 Å². The van der Waals surface area contributed by atoms with Crippen LogP contribution in [0.25, 0.3) is 0 Å². The van der Waals surface area contributed by atoms with Crippen molar-refractivity contribution in [3.8, 4) is 0 Å². The first-order chi connectivity index (χ1) is 5.19. The Bertz CT molecular complexity index is 142. The summed E-state index contributed by atoms with van der Waals surface area (Å²) in [7, 11) is 0. The lowest BCUT2D eigenvalue weighted by Crippen LogP contribution is -2.38. The van der Waals surface area contributed by atoms with E-state index in [9.17, 15) is 5.11 Å². The lowest BCUT2D eigenvalue weighted by atomic mass is 9.75. The average Bonchev–Trinajstić information content (AvgIpc) is 1.96. The Kier molecular flexibility index (Phi) is 2.72. The van der Waals surface area contributed by atoms with Crippen LogP contribution in [0.15, 0.2) is 12.7 Å². The molecule has 0 aromatic heterocycles. The average molecular weight is 154 g/mol. The van der Waals surface area contributed by atoms with Crippen LogP contribution in [0.3, 0.4) is 0 Å². The summed E-state index contributed by atoms with van der Waals surface area (Å²) in [5, 5.41) is 10.1. The molecule has 1 aliphatic rings. The van der Waals surface area contributed by atoms with E-state index < -0.39 is 5.60 Å². The lowest BCUT2D eigenvalue weighted by molar-refractivity contribution is -0.0382. The summed E-state index contributed by atoms with van der Waals surface area (Å²) >= 11 is 0. The van der Waals surface area contributed by atoms with E-state index in [1.807, 2.05) is 6.08 Å². The highest BCUT2D eigenvalue weighted by molar-refractivity contribution is 4.92. The third kappa shape index (κ3) is 1.84. The topological polar surface area (TPSA) is 20.2 Å². The summed E-state index contributed by atoms with van der Waals surface area (Å²) in [4.78, 5) is 0. The molecule has 0 radical (unpaired) electrons. The standard InChI is InChI=1S/C10H18O/c1-3-7-10(11)8-5-4-6-9(10)2/h3,9,11H,1,4-8H2,2H3/t9-,10+/m1/s1. The van der Waals surface area contributed by atoms with Crippen LogP contribution < -0.4 is 0 Å². The van der Waals surface area contributed by atoms with Crippen molar-refractivity contribution in [3.63, 3.8) is 0 Å². The largest absolute Gasteiger partial charge is 0.389 e. The predicted molar refractivity (Wildman–Crippen MR) is 47.4 cm³/mol. The molecule has 0 unspecified atom stereocenters. The molecule has 1 N–H and O–H groups in total. The van der Waals surface area contributed by atoms with E-state index in [0.29, 0.717) is 5.92 Å². The summed E-state index contributed by atoms with van der Waals surface area (Å²) in [5.74, 6) is 0.453. The van der Waals surface area contributed by atoms with E-state index in [1.165, 1.54) is 19.3 Å². The molecule has 0 aromatic rings. The van der Waals surface area contributed by atoms with Gasteiger partial charge in [-0.1, -0.05) is 25.8 Å². The fourth-order valence-electron chi connectivity index (χ4n) is 1.95. The van der Waals surface area contributed by atoms with E-state index in [2.05, 4.69) is 13.5 Å². The third-order valence-electron chi connectivity index (χ3n) is 2.91. The van der Waals surface area contributed by atoms with Crippen LogP contribution in [0.1, 0.15) is 39.0 Å². The smallest absolute Gasteiger partial charge is 0.0707 e. The first-order valence-corrected chi connectivity index (χ1v) is 4.52. The highest BCUT2D eigenvalue weighted by atomic mass is 16.3. The zero-order valence-corrected chi connectivity index (χ0v) is 7.34. The van der Waals surface area contributed by atoms with Crippen molar-refractivity contribution in [2.24, 2.45) is 5.92 Å². The van der Waals surface area contributed by atoms with Crippen molar-refractivity contribution >= 4 is 0 Å². The molecular weight excluding hydrogens is 136 g/mol. The highest BCUT2D eigenvalue weighted by Crippen LogP contribution is 2.35. The van der Waals surface area contributed by atoms with Crippen molar-refractivity contribution in [3.05, 3.63) is 12.7 Å². The number of hydrogen-bond acceptors (Lipinski definition) is 1. The molecule has 1 saturated carbocycles.